The molecule has 2 aromatic rings. The van der Waals surface area contributed by atoms with Gasteiger partial charge in [0.05, 0.1) is 18.1 Å². The number of hydrogen-bond acceptors (Lipinski definition) is 3. The van der Waals surface area contributed by atoms with E-state index >= 15 is 0 Å². The molecular formula is C14H17NO3S. The van der Waals surface area contributed by atoms with E-state index < -0.39 is 11.0 Å². The van der Waals surface area contributed by atoms with Gasteiger partial charge in [0.1, 0.15) is 28.1 Å². The Kier molecular flexibility index (Phi) is 3.75. The predicted molar refractivity (Wildman–Crippen MR) is 78.3 cm³/mol. The van der Waals surface area contributed by atoms with Crippen LogP contribution in [0.15, 0.2) is 33.1 Å². The van der Waals surface area contributed by atoms with Gasteiger partial charge in [0, 0.05) is 5.39 Å². The number of nitrogens with zero attached hydrogens (tertiary/aromatic N) is 1. The van der Waals surface area contributed by atoms with Gasteiger partial charge < -0.3 is 9.15 Å². The fraction of sp³-hybridized carbons (Fsp3) is 0.357. The van der Waals surface area contributed by atoms with Crippen LogP contribution in [0.5, 0.6) is 5.75 Å². The molecule has 5 heteroatoms. The van der Waals surface area contributed by atoms with Crippen molar-refractivity contribution in [2.75, 3.05) is 7.11 Å². The van der Waals surface area contributed by atoms with Gasteiger partial charge in [0.15, 0.2) is 0 Å². The third-order valence-electron chi connectivity index (χ3n) is 2.54. The number of ether oxygens (including phenoxy) is 1. The van der Waals surface area contributed by atoms with Crippen molar-refractivity contribution in [1.82, 2.24) is 0 Å². The molecule has 19 heavy (non-hydrogen) atoms. The van der Waals surface area contributed by atoms with Gasteiger partial charge in [-0.1, -0.05) is 0 Å². The van der Waals surface area contributed by atoms with Crippen molar-refractivity contribution in [2.24, 2.45) is 4.40 Å². The molecule has 1 unspecified atom stereocenters. The average molecular weight is 279 g/mol. The molecular weight excluding hydrogens is 262 g/mol. The van der Waals surface area contributed by atoms with E-state index in [-0.39, 0.29) is 4.75 Å². The third kappa shape index (κ3) is 3.23. The zero-order valence-electron chi connectivity index (χ0n) is 11.5. The van der Waals surface area contributed by atoms with Crippen molar-refractivity contribution in [3.05, 3.63) is 30.0 Å². The lowest BCUT2D eigenvalue weighted by Crippen LogP contribution is -2.19. The molecule has 102 valence electrons. The summed E-state index contributed by atoms with van der Waals surface area (Å²) >= 11 is 0. The smallest absolute Gasteiger partial charge is 0.147 e. The number of rotatable bonds is 3. The highest BCUT2D eigenvalue weighted by Crippen LogP contribution is 2.23. The molecule has 0 spiro atoms. The largest absolute Gasteiger partial charge is 0.497 e. The summed E-state index contributed by atoms with van der Waals surface area (Å²) in [7, 11) is 0.340. The second-order valence-corrected chi connectivity index (χ2v) is 7.08. The van der Waals surface area contributed by atoms with Crippen molar-refractivity contribution in [3.63, 3.8) is 0 Å². The first kappa shape index (κ1) is 13.8. The predicted octanol–water partition coefficient (Wildman–Crippen LogP) is 3.32. The summed E-state index contributed by atoms with van der Waals surface area (Å²) in [5, 5.41) is 0.933. The summed E-state index contributed by atoms with van der Waals surface area (Å²) in [4.78, 5) is 0. The van der Waals surface area contributed by atoms with Crippen LogP contribution >= 0.6 is 0 Å². The molecule has 0 saturated heterocycles. The lowest BCUT2D eigenvalue weighted by Gasteiger charge is -2.12. The lowest BCUT2D eigenvalue weighted by atomic mass is 10.2. The summed E-state index contributed by atoms with van der Waals surface area (Å²) in [5.74, 6) is 1.36. The highest BCUT2D eigenvalue weighted by Gasteiger charge is 2.18. The van der Waals surface area contributed by atoms with Crippen LogP contribution in [0.3, 0.4) is 0 Å². The van der Waals surface area contributed by atoms with E-state index in [1.165, 1.54) is 6.21 Å². The minimum atomic E-state index is -1.28. The van der Waals surface area contributed by atoms with Crippen molar-refractivity contribution in [3.8, 4) is 5.75 Å². The van der Waals surface area contributed by atoms with Gasteiger partial charge >= 0.3 is 0 Å². The van der Waals surface area contributed by atoms with Crippen LogP contribution in [0, 0.1) is 0 Å². The van der Waals surface area contributed by atoms with Crippen LogP contribution in [0.4, 0.5) is 0 Å². The number of fused-ring (bicyclic) bond motifs is 1. The number of hydrogen-bond donors (Lipinski definition) is 0. The van der Waals surface area contributed by atoms with Crippen molar-refractivity contribution < 1.29 is 13.4 Å². The number of furan rings is 1. The van der Waals surface area contributed by atoms with E-state index in [0.717, 1.165) is 16.7 Å². The maximum absolute atomic E-state index is 11.8. The van der Waals surface area contributed by atoms with Crippen molar-refractivity contribution in [1.29, 1.82) is 0 Å². The Labute approximate surface area is 115 Å². The Hall–Kier alpha value is -1.62. The Bertz CT molecular complexity index is 638. The number of methoxy groups -OCH3 is 1. The molecule has 1 aromatic heterocycles. The highest BCUT2D eigenvalue weighted by molar-refractivity contribution is 7.85. The molecule has 0 radical (unpaired) electrons. The van der Waals surface area contributed by atoms with Crippen molar-refractivity contribution in [2.45, 2.75) is 25.5 Å². The van der Waals surface area contributed by atoms with Crippen LogP contribution in [0.2, 0.25) is 0 Å². The van der Waals surface area contributed by atoms with Crippen LogP contribution < -0.4 is 4.74 Å². The molecule has 0 saturated carbocycles. The van der Waals surface area contributed by atoms with E-state index in [1.807, 2.05) is 45.0 Å². The second kappa shape index (κ2) is 5.17. The summed E-state index contributed by atoms with van der Waals surface area (Å²) in [6.07, 6.45) is 1.51. The molecule has 0 fully saturated rings. The maximum Gasteiger partial charge on any atom is 0.147 e. The van der Waals surface area contributed by atoms with Gasteiger partial charge in [0.2, 0.25) is 0 Å². The molecule has 1 aromatic carbocycles. The van der Waals surface area contributed by atoms with Gasteiger partial charge in [-0.25, -0.2) is 4.21 Å². The number of benzene rings is 1. The van der Waals surface area contributed by atoms with Gasteiger partial charge in [0.25, 0.3) is 0 Å². The molecule has 0 aliphatic rings. The molecule has 0 aliphatic heterocycles. The molecule has 0 amide bonds. The van der Waals surface area contributed by atoms with E-state index in [1.54, 1.807) is 7.11 Å². The fourth-order valence-electron chi connectivity index (χ4n) is 1.49. The zero-order chi connectivity index (χ0) is 14.0. The van der Waals surface area contributed by atoms with Gasteiger partial charge in [-0.15, -0.1) is 0 Å². The first-order valence-electron chi connectivity index (χ1n) is 5.94. The van der Waals surface area contributed by atoms with Gasteiger partial charge in [-0.2, -0.15) is 4.40 Å². The normalized spacial score (nSPS) is 14.1. The summed E-state index contributed by atoms with van der Waals surface area (Å²) in [5.41, 5.74) is 0.754. The van der Waals surface area contributed by atoms with Crippen LogP contribution in [0.1, 0.15) is 26.5 Å². The standard InChI is InChI=1S/C14H17NO3S/c1-14(2,3)19(16)15-9-12-8-10-7-11(17-4)5-6-13(10)18-12/h5-9H,1-4H3. The summed E-state index contributed by atoms with van der Waals surface area (Å²) in [6, 6.07) is 7.41. The molecule has 0 bridgehead atoms. The monoisotopic (exact) mass is 279 g/mol. The summed E-state index contributed by atoms with van der Waals surface area (Å²) < 4.78 is 26.2. The molecule has 2 rings (SSSR count). The second-order valence-electron chi connectivity index (χ2n) is 5.15. The molecule has 0 N–H and O–H groups in total. The first-order chi connectivity index (χ1) is 8.90. The van der Waals surface area contributed by atoms with E-state index in [0.29, 0.717) is 5.76 Å². The quantitative estimate of drug-likeness (QED) is 0.810. The molecule has 4 nitrogen and oxygen atoms in total. The highest BCUT2D eigenvalue weighted by atomic mass is 32.2. The van der Waals surface area contributed by atoms with Crippen LogP contribution in [-0.4, -0.2) is 22.3 Å². The molecule has 1 heterocycles. The maximum atomic E-state index is 11.8. The van der Waals surface area contributed by atoms with E-state index in [9.17, 15) is 4.21 Å². The lowest BCUT2D eigenvalue weighted by molar-refractivity contribution is 0.415. The van der Waals surface area contributed by atoms with Crippen molar-refractivity contribution >= 4 is 28.2 Å². The average Bonchev–Trinajstić information content (AvgIpc) is 2.76. The minimum absolute atomic E-state index is 0.369. The minimum Gasteiger partial charge on any atom is -0.497 e. The Balaban J connectivity index is 2.27. The van der Waals surface area contributed by atoms with E-state index in [2.05, 4.69) is 4.40 Å². The SMILES string of the molecule is COc1ccc2oc(C=NS(=O)C(C)(C)C)cc2c1. The Morgan fingerprint density at radius 2 is 2.05 bits per heavy atom. The van der Waals surface area contributed by atoms with E-state index in [4.69, 9.17) is 9.15 Å². The summed E-state index contributed by atoms with van der Waals surface area (Å²) in [6.45, 7) is 5.64. The topological polar surface area (TPSA) is 51.8 Å². The molecule has 0 aliphatic carbocycles. The van der Waals surface area contributed by atoms with Crippen LogP contribution in [-0.2, 0) is 11.0 Å². The molecule has 1 atom stereocenters. The Morgan fingerprint density at radius 1 is 1.32 bits per heavy atom. The third-order valence-corrected chi connectivity index (χ3v) is 3.89. The first-order valence-corrected chi connectivity index (χ1v) is 7.04. The van der Waals surface area contributed by atoms with Gasteiger partial charge in [-0.05, 0) is 45.0 Å². The fourth-order valence-corrected chi connectivity index (χ4v) is 2.01. The van der Waals surface area contributed by atoms with Crippen LogP contribution in [0.25, 0.3) is 11.0 Å². The Morgan fingerprint density at radius 3 is 2.68 bits per heavy atom. The van der Waals surface area contributed by atoms with Gasteiger partial charge in [-0.3, -0.25) is 0 Å². The zero-order valence-corrected chi connectivity index (χ0v) is 12.3.